The van der Waals surface area contributed by atoms with E-state index in [0.29, 0.717) is 10.9 Å². The third-order valence-electron chi connectivity index (χ3n) is 7.18. The molecule has 1 heteroatoms. The Morgan fingerprint density at radius 1 is 0.541 bits per heavy atom. The van der Waals surface area contributed by atoms with Crippen LogP contribution in [-0.4, -0.2) is 0 Å². The van der Waals surface area contributed by atoms with Crippen LogP contribution in [0.25, 0.3) is 10.8 Å². The van der Waals surface area contributed by atoms with Crippen LogP contribution in [0.3, 0.4) is 0 Å². The van der Waals surface area contributed by atoms with Gasteiger partial charge in [-0.05, 0) is 84.4 Å². The Kier molecular flexibility index (Phi) is 9.96. The predicted octanol–water partition coefficient (Wildman–Crippen LogP) is 9.63. The Labute approximate surface area is 223 Å². The molecule has 0 radical (unpaired) electrons. The molecular weight excluding hydrogens is 451 g/mol. The van der Waals surface area contributed by atoms with Crippen LogP contribution in [0.15, 0.2) is 78.9 Å². The Hall–Kier alpha value is -3.37. The van der Waals surface area contributed by atoms with Crippen molar-refractivity contribution in [3.8, 4) is 11.8 Å². The van der Waals surface area contributed by atoms with E-state index in [1.54, 1.807) is 0 Å². The van der Waals surface area contributed by atoms with Gasteiger partial charge in [-0.25, -0.2) is 4.39 Å². The van der Waals surface area contributed by atoms with Gasteiger partial charge in [0.15, 0.2) is 0 Å². The largest absolute Gasteiger partial charge is 0.205 e. The quantitative estimate of drug-likeness (QED) is 0.145. The van der Waals surface area contributed by atoms with Crippen LogP contribution >= 0.6 is 0 Å². The van der Waals surface area contributed by atoms with Crippen molar-refractivity contribution in [2.75, 3.05) is 0 Å². The molecule has 4 aromatic rings. The van der Waals surface area contributed by atoms with Gasteiger partial charge < -0.3 is 0 Å². The van der Waals surface area contributed by atoms with E-state index in [1.165, 1.54) is 60.8 Å². The zero-order chi connectivity index (χ0) is 25.9. The van der Waals surface area contributed by atoms with Gasteiger partial charge in [-0.2, -0.15) is 0 Å². The average molecular weight is 491 g/mol. The highest BCUT2D eigenvalue weighted by Gasteiger charge is 2.07. The van der Waals surface area contributed by atoms with Gasteiger partial charge in [0, 0.05) is 10.9 Å². The Bertz CT molecular complexity index is 1330. The first kappa shape index (κ1) is 26.7. The normalized spacial score (nSPS) is 10.9. The lowest BCUT2D eigenvalue weighted by atomic mass is 9.98. The minimum Gasteiger partial charge on any atom is -0.205 e. The van der Waals surface area contributed by atoms with Crippen LogP contribution in [0.5, 0.6) is 0 Å². The molecule has 0 atom stereocenters. The molecule has 0 saturated heterocycles. The van der Waals surface area contributed by atoms with Crippen molar-refractivity contribution in [3.05, 3.63) is 118 Å². The van der Waals surface area contributed by atoms with Gasteiger partial charge in [-0.3, -0.25) is 0 Å². The van der Waals surface area contributed by atoms with Crippen LogP contribution in [0.2, 0.25) is 0 Å². The van der Waals surface area contributed by atoms with Crippen molar-refractivity contribution in [2.24, 2.45) is 0 Å². The molecular formula is C36H39F. The topological polar surface area (TPSA) is 0 Å². The summed E-state index contributed by atoms with van der Waals surface area (Å²) in [5.41, 5.74) is 6.72. The first-order valence-corrected chi connectivity index (χ1v) is 14.1. The van der Waals surface area contributed by atoms with Crippen LogP contribution in [0.4, 0.5) is 4.39 Å². The summed E-state index contributed by atoms with van der Waals surface area (Å²) in [5, 5.41) is 1.57. The maximum atomic E-state index is 15.2. The summed E-state index contributed by atoms with van der Waals surface area (Å²) in [7, 11) is 0. The van der Waals surface area contributed by atoms with Crippen molar-refractivity contribution in [3.63, 3.8) is 0 Å². The van der Waals surface area contributed by atoms with Gasteiger partial charge in [0.1, 0.15) is 5.82 Å². The molecule has 4 rings (SSSR count). The van der Waals surface area contributed by atoms with E-state index in [-0.39, 0.29) is 5.82 Å². The van der Waals surface area contributed by atoms with E-state index in [0.717, 1.165) is 36.6 Å². The monoisotopic (exact) mass is 490 g/mol. The molecule has 0 aliphatic heterocycles. The molecule has 0 amide bonds. The first-order chi connectivity index (χ1) is 18.2. The molecule has 190 valence electrons. The maximum Gasteiger partial charge on any atom is 0.146 e. The van der Waals surface area contributed by atoms with Gasteiger partial charge in [-0.15, -0.1) is 0 Å². The highest BCUT2D eigenvalue weighted by atomic mass is 19.1. The second-order valence-corrected chi connectivity index (χ2v) is 10.2. The highest BCUT2D eigenvalue weighted by molar-refractivity contribution is 5.85. The van der Waals surface area contributed by atoms with Crippen molar-refractivity contribution in [2.45, 2.75) is 78.1 Å². The standard InChI is InChI=1S/C36H39F/c1-3-5-7-8-10-29-13-17-31(18-14-29)21-23-33-24-25-34-27-32(22-26-35(34)36(33)37)20-19-30-15-11-28(12-16-30)9-6-4-2/h11-18,22,24-27H,3-10,19-20H2,1-2H3. The Morgan fingerprint density at radius 2 is 1.14 bits per heavy atom. The fourth-order valence-corrected chi connectivity index (χ4v) is 4.79. The van der Waals surface area contributed by atoms with E-state index in [1.807, 2.05) is 30.3 Å². The summed E-state index contributed by atoms with van der Waals surface area (Å²) in [6.45, 7) is 4.46. The summed E-state index contributed by atoms with van der Waals surface area (Å²) < 4.78 is 15.2. The second kappa shape index (κ2) is 13.8. The van der Waals surface area contributed by atoms with E-state index in [2.05, 4.69) is 74.2 Å². The van der Waals surface area contributed by atoms with Crippen LogP contribution in [0, 0.1) is 17.7 Å². The summed E-state index contributed by atoms with van der Waals surface area (Å²) in [6.07, 6.45) is 11.8. The minimum absolute atomic E-state index is 0.230. The summed E-state index contributed by atoms with van der Waals surface area (Å²) >= 11 is 0. The van der Waals surface area contributed by atoms with Crippen molar-refractivity contribution < 1.29 is 4.39 Å². The highest BCUT2D eigenvalue weighted by Crippen LogP contribution is 2.23. The molecule has 0 unspecified atom stereocenters. The molecule has 0 spiro atoms. The number of aryl methyl sites for hydroxylation is 4. The number of benzene rings is 4. The fraction of sp³-hybridized carbons (Fsp3) is 0.333. The smallest absolute Gasteiger partial charge is 0.146 e. The molecule has 0 nitrogen and oxygen atoms in total. The number of rotatable bonds is 11. The number of fused-ring (bicyclic) bond motifs is 1. The Balaban J connectivity index is 1.38. The third kappa shape index (κ3) is 7.80. The molecule has 0 aromatic heterocycles. The van der Waals surface area contributed by atoms with Gasteiger partial charge in [0.2, 0.25) is 0 Å². The van der Waals surface area contributed by atoms with Crippen LogP contribution in [-0.2, 0) is 25.7 Å². The lowest BCUT2D eigenvalue weighted by Crippen LogP contribution is -1.94. The molecule has 0 N–H and O–H groups in total. The van der Waals surface area contributed by atoms with E-state index >= 15 is 4.39 Å². The van der Waals surface area contributed by atoms with Crippen molar-refractivity contribution in [1.29, 1.82) is 0 Å². The van der Waals surface area contributed by atoms with Gasteiger partial charge >= 0.3 is 0 Å². The first-order valence-electron chi connectivity index (χ1n) is 14.1. The zero-order valence-electron chi connectivity index (χ0n) is 22.5. The van der Waals surface area contributed by atoms with E-state index in [9.17, 15) is 0 Å². The Morgan fingerprint density at radius 3 is 1.84 bits per heavy atom. The molecule has 37 heavy (non-hydrogen) atoms. The molecule has 0 fully saturated rings. The zero-order valence-corrected chi connectivity index (χ0v) is 22.5. The maximum absolute atomic E-state index is 15.2. The molecule has 0 saturated carbocycles. The van der Waals surface area contributed by atoms with Gasteiger partial charge in [-0.1, -0.05) is 112 Å². The lowest BCUT2D eigenvalue weighted by molar-refractivity contribution is 0.636. The molecule has 0 heterocycles. The predicted molar refractivity (Wildman–Crippen MR) is 157 cm³/mol. The van der Waals surface area contributed by atoms with Crippen LogP contribution < -0.4 is 0 Å². The van der Waals surface area contributed by atoms with E-state index < -0.39 is 0 Å². The fourth-order valence-electron chi connectivity index (χ4n) is 4.79. The summed E-state index contributed by atoms with van der Waals surface area (Å²) in [6, 6.07) is 27.3. The molecule has 0 bridgehead atoms. The van der Waals surface area contributed by atoms with Gasteiger partial charge in [0.25, 0.3) is 0 Å². The SMILES string of the molecule is CCCCCCc1ccc(C#Cc2ccc3cc(CCc4ccc(CCCC)cc4)ccc3c2F)cc1. The molecule has 4 aromatic carbocycles. The number of halogens is 1. The molecule has 0 aliphatic carbocycles. The molecule has 0 aliphatic rings. The van der Waals surface area contributed by atoms with Gasteiger partial charge in [0.05, 0.1) is 5.56 Å². The summed E-state index contributed by atoms with van der Waals surface area (Å²) in [4.78, 5) is 0. The van der Waals surface area contributed by atoms with Crippen LogP contribution in [0.1, 0.15) is 85.8 Å². The minimum atomic E-state index is -0.230. The number of hydrogen-bond acceptors (Lipinski definition) is 0. The second-order valence-electron chi connectivity index (χ2n) is 10.2. The van der Waals surface area contributed by atoms with E-state index in [4.69, 9.17) is 0 Å². The van der Waals surface area contributed by atoms with Crippen molar-refractivity contribution in [1.82, 2.24) is 0 Å². The lowest BCUT2D eigenvalue weighted by Gasteiger charge is -2.07. The number of hydrogen-bond donors (Lipinski definition) is 0. The van der Waals surface area contributed by atoms with Crippen molar-refractivity contribution >= 4 is 10.8 Å². The summed E-state index contributed by atoms with van der Waals surface area (Å²) in [5.74, 6) is 5.97. The average Bonchev–Trinajstić information content (AvgIpc) is 2.94. The third-order valence-corrected chi connectivity index (χ3v) is 7.18. The number of unbranched alkanes of at least 4 members (excludes halogenated alkanes) is 4.